The van der Waals surface area contributed by atoms with Gasteiger partial charge < -0.3 is 10.5 Å². The van der Waals surface area contributed by atoms with Gasteiger partial charge in [-0.2, -0.15) is 4.31 Å². The van der Waals surface area contributed by atoms with Crippen LogP contribution in [0.3, 0.4) is 0 Å². The first-order valence-corrected chi connectivity index (χ1v) is 9.02. The monoisotopic (exact) mass is 350 g/mol. The Morgan fingerprint density at radius 3 is 2.82 bits per heavy atom. The van der Waals surface area contributed by atoms with Gasteiger partial charge in [0.25, 0.3) is 0 Å². The van der Waals surface area contributed by atoms with Gasteiger partial charge in [0.2, 0.25) is 10.0 Å². The molecule has 1 aliphatic rings. The number of hydrogen-bond acceptors (Lipinski definition) is 4. The third-order valence-corrected chi connectivity index (χ3v) is 6.09. The largest absolute Gasteiger partial charge is 0.381 e. The highest BCUT2D eigenvalue weighted by molar-refractivity contribution is 7.88. The van der Waals surface area contributed by atoms with Crippen LogP contribution in [0.1, 0.15) is 18.4 Å². The van der Waals surface area contributed by atoms with Crippen molar-refractivity contribution in [3.05, 3.63) is 34.6 Å². The van der Waals surface area contributed by atoms with Gasteiger partial charge in [-0.05, 0) is 30.5 Å². The first-order chi connectivity index (χ1) is 10.4. The van der Waals surface area contributed by atoms with E-state index in [-0.39, 0.29) is 29.5 Å². The van der Waals surface area contributed by atoms with E-state index in [1.807, 2.05) is 0 Å². The second-order valence-electron chi connectivity index (χ2n) is 5.39. The number of hydrogen-bond donors (Lipinski definition) is 1. The summed E-state index contributed by atoms with van der Waals surface area (Å²) in [6.45, 7) is 0.612. The van der Waals surface area contributed by atoms with Crippen LogP contribution in [0.5, 0.6) is 0 Å². The molecule has 0 bridgehead atoms. The number of rotatable bonds is 5. The molecular formula is C14H20ClFN2O3S. The summed E-state index contributed by atoms with van der Waals surface area (Å²) >= 11 is 5.70. The number of halogens is 2. The summed E-state index contributed by atoms with van der Waals surface area (Å²) < 4.78 is 45.1. The third-order valence-electron chi connectivity index (χ3n) is 3.91. The predicted molar refractivity (Wildman–Crippen MR) is 83.6 cm³/mol. The lowest BCUT2D eigenvalue weighted by molar-refractivity contribution is 0.0401. The SMILES string of the molecule is COC1CCN(S(=O)(=O)Cc2ccc(F)c(Cl)c2)C(CN)C1. The molecular weight excluding hydrogens is 331 g/mol. The number of ether oxygens (including phenoxy) is 1. The van der Waals surface area contributed by atoms with Gasteiger partial charge in [-0.1, -0.05) is 17.7 Å². The lowest BCUT2D eigenvalue weighted by Crippen LogP contribution is -2.51. The molecule has 1 aromatic rings. The summed E-state index contributed by atoms with van der Waals surface area (Å²) in [5.74, 6) is -0.787. The van der Waals surface area contributed by atoms with E-state index in [0.717, 1.165) is 0 Å². The Labute approximate surface area is 135 Å². The van der Waals surface area contributed by atoms with Gasteiger partial charge in [0.05, 0.1) is 16.9 Å². The molecule has 2 unspecified atom stereocenters. The van der Waals surface area contributed by atoms with Crippen molar-refractivity contribution >= 4 is 21.6 Å². The quantitative estimate of drug-likeness (QED) is 0.878. The molecule has 0 spiro atoms. The van der Waals surface area contributed by atoms with Crippen molar-refractivity contribution in [2.45, 2.75) is 30.7 Å². The van der Waals surface area contributed by atoms with E-state index in [2.05, 4.69) is 0 Å². The molecule has 22 heavy (non-hydrogen) atoms. The fourth-order valence-electron chi connectivity index (χ4n) is 2.71. The molecule has 1 aromatic carbocycles. The van der Waals surface area contributed by atoms with Crippen LogP contribution in [0, 0.1) is 5.82 Å². The maximum Gasteiger partial charge on any atom is 0.218 e. The van der Waals surface area contributed by atoms with E-state index in [1.165, 1.54) is 22.5 Å². The zero-order valence-electron chi connectivity index (χ0n) is 12.3. The van der Waals surface area contributed by atoms with Crippen molar-refractivity contribution < 1.29 is 17.5 Å². The molecule has 0 aliphatic carbocycles. The van der Waals surface area contributed by atoms with Crippen molar-refractivity contribution in [3.63, 3.8) is 0 Å². The second kappa shape index (κ2) is 7.23. The molecule has 0 radical (unpaired) electrons. The Kier molecular flexibility index (Phi) is 5.79. The summed E-state index contributed by atoms with van der Waals surface area (Å²) in [5.41, 5.74) is 6.17. The molecule has 1 saturated heterocycles. The summed E-state index contributed by atoms with van der Waals surface area (Å²) in [7, 11) is -1.93. The average molecular weight is 351 g/mol. The highest BCUT2D eigenvalue weighted by Gasteiger charge is 2.35. The van der Waals surface area contributed by atoms with Gasteiger partial charge in [-0.25, -0.2) is 12.8 Å². The number of benzene rings is 1. The Bertz CT molecular complexity index is 627. The van der Waals surface area contributed by atoms with Crippen LogP contribution in [0.15, 0.2) is 18.2 Å². The molecule has 1 fully saturated rings. The number of sulfonamides is 1. The first-order valence-electron chi connectivity index (χ1n) is 7.03. The van der Waals surface area contributed by atoms with Crippen LogP contribution >= 0.6 is 11.6 Å². The summed E-state index contributed by atoms with van der Waals surface area (Å²) in [6.07, 6.45) is 1.24. The molecule has 5 nitrogen and oxygen atoms in total. The molecule has 2 N–H and O–H groups in total. The minimum absolute atomic E-state index is 0.0280. The molecule has 8 heteroatoms. The van der Waals surface area contributed by atoms with Crippen molar-refractivity contribution in [2.75, 3.05) is 20.2 Å². The topological polar surface area (TPSA) is 72.6 Å². The zero-order chi connectivity index (χ0) is 16.3. The molecule has 2 rings (SSSR count). The standard InChI is InChI=1S/C14H20ClFN2O3S/c1-21-12-4-5-18(11(7-12)8-17)22(19,20)9-10-2-3-14(16)13(15)6-10/h2-3,6,11-12H,4-5,7-9,17H2,1H3. The van der Waals surface area contributed by atoms with E-state index >= 15 is 0 Å². The number of nitrogens with zero attached hydrogens (tertiary/aromatic N) is 1. The molecule has 1 aliphatic heterocycles. The fourth-order valence-corrected chi connectivity index (χ4v) is 4.69. The smallest absolute Gasteiger partial charge is 0.218 e. The Morgan fingerprint density at radius 2 is 2.23 bits per heavy atom. The Balaban J connectivity index is 2.16. The fraction of sp³-hybridized carbons (Fsp3) is 0.571. The lowest BCUT2D eigenvalue weighted by atomic mass is 10.0. The maximum absolute atomic E-state index is 13.2. The van der Waals surface area contributed by atoms with Crippen LogP contribution in [0.2, 0.25) is 5.02 Å². The molecule has 1 heterocycles. The van der Waals surface area contributed by atoms with Gasteiger partial charge in [-0.3, -0.25) is 0 Å². The van der Waals surface area contributed by atoms with Crippen LogP contribution in [0.25, 0.3) is 0 Å². The highest BCUT2D eigenvalue weighted by Crippen LogP contribution is 2.25. The van der Waals surface area contributed by atoms with Gasteiger partial charge in [-0.15, -0.1) is 0 Å². The molecule has 0 amide bonds. The first kappa shape index (κ1) is 17.6. The second-order valence-corrected chi connectivity index (χ2v) is 7.72. The van der Waals surface area contributed by atoms with E-state index < -0.39 is 15.8 Å². The summed E-state index contributed by atoms with van der Waals surface area (Å²) in [6, 6.07) is 3.66. The number of nitrogens with two attached hydrogens (primary N) is 1. The van der Waals surface area contributed by atoms with Crippen LogP contribution < -0.4 is 5.73 Å². The Morgan fingerprint density at radius 1 is 1.50 bits per heavy atom. The predicted octanol–water partition coefficient (Wildman–Crippen LogP) is 1.75. The van der Waals surface area contributed by atoms with E-state index in [1.54, 1.807) is 7.11 Å². The van der Waals surface area contributed by atoms with Crippen molar-refractivity contribution in [1.29, 1.82) is 0 Å². The van der Waals surface area contributed by atoms with Crippen LogP contribution in [-0.4, -0.2) is 45.1 Å². The number of methoxy groups -OCH3 is 1. The summed E-state index contributed by atoms with van der Waals surface area (Å²) in [5, 5.41) is -0.0823. The highest BCUT2D eigenvalue weighted by atomic mass is 35.5. The van der Waals surface area contributed by atoms with Crippen molar-refractivity contribution in [2.24, 2.45) is 5.73 Å². The van der Waals surface area contributed by atoms with Crippen molar-refractivity contribution in [1.82, 2.24) is 4.31 Å². The van der Waals surface area contributed by atoms with Gasteiger partial charge >= 0.3 is 0 Å². The molecule has 2 atom stereocenters. The number of piperidine rings is 1. The van der Waals surface area contributed by atoms with Gasteiger partial charge in [0.15, 0.2) is 0 Å². The van der Waals surface area contributed by atoms with E-state index in [0.29, 0.717) is 24.9 Å². The maximum atomic E-state index is 13.2. The molecule has 0 saturated carbocycles. The zero-order valence-corrected chi connectivity index (χ0v) is 13.9. The molecule has 124 valence electrons. The van der Waals surface area contributed by atoms with Crippen LogP contribution in [0.4, 0.5) is 4.39 Å². The third kappa shape index (κ3) is 3.97. The Hall–Kier alpha value is -0.730. The minimum atomic E-state index is -3.54. The van der Waals surface area contributed by atoms with E-state index in [9.17, 15) is 12.8 Å². The normalized spacial score (nSPS) is 23.6. The lowest BCUT2D eigenvalue weighted by Gasteiger charge is -2.37. The van der Waals surface area contributed by atoms with Crippen molar-refractivity contribution in [3.8, 4) is 0 Å². The minimum Gasteiger partial charge on any atom is -0.381 e. The summed E-state index contributed by atoms with van der Waals surface area (Å²) in [4.78, 5) is 0. The van der Waals surface area contributed by atoms with Crippen LogP contribution in [-0.2, 0) is 20.5 Å². The average Bonchev–Trinajstić information content (AvgIpc) is 2.50. The van der Waals surface area contributed by atoms with Gasteiger partial charge in [0, 0.05) is 26.2 Å². The molecule has 0 aromatic heterocycles. The van der Waals surface area contributed by atoms with E-state index in [4.69, 9.17) is 22.1 Å². The van der Waals surface area contributed by atoms with Gasteiger partial charge in [0.1, 0.15) is 5.82 Å².